The largest absolute Gasteiger partial charge is 0.380 e. The van der Waals surface area contributed by atoms with E-state index in [1.165, 1.54) is 5.57 Å². The fraction of sp³-hybridized carbons (Fsp3) is 0.545. The normalized spacial score (nSPS) is 12.1. The van der Waals surface area contributed by atoms with Crippen LogP contribution in [0.3, 0.4) is 0 Å². The minimum Gasteiger partial charge on any atom is -0.380 e. The smallest absolute Gasteiger partial charge is 0.0851 e. The van der Waals surface area contributed by atoms with E-state index < -0.39 is 0 Å². The Kier molecular flexibility index (Phi) is 5.07. The number of aryl methyl sites for hydroxylation is 1. The second-order valence-corrected chi connectivity index (χ2v) is 3.54. The first-order valence-electron chi connectivity index (χ1n) is 5.14. The fourth-order valence-electron chi connectivity index (χ4n) is 1.42. The van der Waals surface area contributed by atoms with Crippen LogP contribution < -0.4 is 5.73 Å². The maximum absolute atomic E-state index is 5.48. The molecular weight excluding hydrogens is 190 g/mol. The lowest BCUT2D eigenvalue weighted by molar-refractivity contribution is 0.223. The molecular formula is C11H19N3O. The molecule has 0 aliphatic rings. The average molecular weight is 209 g/mol. The SMILES string of the molecule is COC/C(=C/c1ccn(C)n1)CCCN. The molecule has 0 saturated heterocycles. The Labute approximate surface area is 90.7 Å². The van der Waals surface area contributed by atoms with E-state index in [0.717, 1.165) is 18.5 Å². The molecule has 0 bridgehead atoms. The zero-order valence-corrected chi connectivity index (χ0v) is 9.44. The van der Waals surface area contributed by atoms with Crippen LogP contribution >= 0.6 is 0 Å². The quantitative estimate of drug-likeness (QED) is 0.765. The molecule has 4 nitrogen and oxygen atoms in total. The van der Waals surface area contributed by atoms with Gasteiger partial charge in [-0.15, -0.1) is 0 Å². The van der Waals surface area contributed by atoms with Gasteiger partial charge >= 0.3 is 0 Å². The maximum Gasteiger partial charge on any atom is 0.0851 e. The Bertz CT molecular complexity index is 317. The number of hydrogen-bond acceptors (Lipinski definition) is 3. The fourth-order valence-corrected chi connectivity index (χ4v) is 1.42. The number of methoxy groups -OCH3 is 1. The minimum absolute atomic E-state index is 0.649. The van der Waals surface area contributed by atoms with Crippen molar-refractivity contribution in [1.29, 1.82) is 0 Å². The van der Waals surface area contributed by atoms with Crippen LogP contribution in [0.15, 0.2) is 17.8 Å². The molecule has 1 heterocycles. The van der Waals surface area contributed by atoms with Gasteiger partial charge in [-0.1, -0.05) is 0 Å². The second-order valence-electron chi connectivity index (χ2n) is 3.54. The van der Waals surface area contributed by atoms with Crippen molar-refractivity contribution < 1.29 is 4.74 Å². The Morgan fingerprint density at radius 2 is 2.47 bits per heavy atom. The van der Waals surface area contributed by atoms with Crippen LogP contribution in [0.1, 0.15) is 18.5 Å². The van der Waals surface area contributed by atoms with Gasteiger partial charge in [0.25, 0.3) is 0 Å². The molecule has 0 aromatic carbocycles. The predicted molar refractivity (Wildman–Crippen MR) is 61.3 cm³/mol. The molecule has 1 aromatic heterocycles. The molecule has 0 unspecified atom stereocenters. The van der Waals surface area contributed by atoms with Gasteiger partial charge in [-0.25, -0.2) is 0 Å². The van der Waals surface area contributed by atoms with E-state index >= 15 is 0 Å². The van der Waals surface area contributed by atoms with E-state index in [-0.39, 0.29) is 0 Å². The highest BCUT2D eigenvalue weighted by Crippen LogP contribution is 2.10. The highest BCUT2D eigenvalue weighted by molar-refractivity contribution is 5.48. The summed E-state index contributed by atoms with van der Waals surface area (Å²) in [6.45, 7) is 1.36. The van der Waals surface area contributed by atoms with Crippen molar-refractivity contribution in [2.45, 2.75) is 12.8 Å². The van der Waals surface area contributed by atoms with Crippen LogP contribution in [0.5, 0.6) is 0 Å². The topological polar surface area (TPSA) is 53.1 Å². The van der Waals surface area contributed by atoms with Crippen LogP contribution in [-0.4, -0.2) is 30.0 Å². The van der Waals surface area contributed by atoms with Gasteiger partial charge in [0.15, 0.2) is 0 Å². The number of aromatic nitrogens is 2. The van der Waals surface area contributed by atoms with Crippen LogP contribution in [0.4, 0.5) is 0 Å². The summed E-state index contributed by atoms with van der Waals surface area (Å²) in [5, 5.41) is 4.29. The molecule has 2 N–H and O–H groups in total. The van der Waals surface area contributed by atoms with E-state index in [1.807, 2.05) is 19.3 Å². The molecule has 0 spiro atoms. The number of nitrogens with zero attached hydrogens (tertiary/aromatic N) is 2. The molecule has 0 atom stereocenters. The second kappa shape index (κ2) is 6.37. The van der Waals surface area contributed by atoms with Crippen molar-refractivity contribution in [3.8, 4) is 0 Å². The van der Waals surface area contributed by atoms with E-state index in [9.17, 15) is 0 Å². The minimum atomic E-state index is 0.649. The third-order valence-corrected chi connectivity index (χ3v) is 2.12. The van der Waals surface area contributed by atoms with Crippen molar-refractivity contribution >= 4 is 6.08 Å². The lowest BCUT2D eigenvalue weighted by Crippen LogP contribution is -2.02. The Morgan fingerprint density at radius 1 is 1.67 bits per heavy atom. The zero-order valence-electron chi connectivity index (χ0n) is 9.44. The highest BCUT2D eigenvalue weighted by atomic mass is 16.5. The predicted octanol–water partition coefficient (Wildman–Crippen LogP) is 1.19. The van der Waals surface area contributed by atoms with Gasteiger partial charge in [0.2, 0.25) is 0 Å². The maximum atomic E-state index is 5.48. The van der Waals surface area contributed by atoms with Gasteiger partial charge in [-0.3, -0.25) is 4.68 Å². The zero-order chi connectivity index (χ0) is 11.1. The first-order chi connectivity index (χ1) is 7.26. The molecule has 0 radical (unpaired) electrons. The number of hydrogen-bond donors (Lipinski definition) is 1. The highest BCUT2D eigenvalue weighted by Gasteiger charge is 1.99. The first-order valence-corrected chi connectivity index (χ1v) is 5.14. The molecule has 0 aliphatic heterocycles. The van der Waals surface area contributed by atoms with Crippen LogP contribution in [0.2, 0.25) is 0 Å². The number of nitrogens with two attached hydrogens (primary N) is 1. The van der Waals surface area contributed by atoms with Crippen LogP contribution in [0, 0.1) is 0 Å². The van der Waals surface area contributed by atoms with E-state index in [1.54, 1.807) is 11.8 Å². The van der Waals surface area contributed by atoms with Crippen LogP contribution in [-0.2, 0) is 11.8 Å². The van der Waals surface area contributed by atoms with E-state index in [2.05, 4.69) is 11.2 Å². The molecule has 1 aromatic rings. The Balaban J connectivity index is 2.64. The van der Waals surface area contributed by atoms with Gasteiger partial charge in [0.05, 0.1) is 12.3 Å². The summed E-state index contributed by atoms with van der Waals surface area (Å²) in [5.41, 5.74) is 7.69. The summed E-state index contributed by atoms with van der Waals surface area (Å²) < 4.78 is 6.93. The summed E-state index contributed by atoms with van der Waals surface area (Å²) in [6.07, 6.45) is 5.96. The number of rotatable bonds is 6. The molecule has 0 amide bonds. The lowest BCUT2D eigenvalue weighted by Gasteiger charge is -2.04. The molecule has 1 rings (SSSR count). The van der Waals surface area contributed by atoms with Crippen molar-refractivity contribution in [2.24, 2.45) is 12.8 Å². The van der Waals surface area contributed by atoms with Gasteiger partial charge in [-0.05, 0) is 37.1 Å². The molecule has 84 valence electrons. The number of ether oxygens (including phenoxy) is 1. The summed E-state index contributed by atoms with van der Waals surface area (Å²) in [7, 11) is 3.61. The third-order valence-electron chi connectivity index (χ3n) is 2.12. The summed E-state index contributed by atoms with van der Waals surface area (Å²) >= 11 is 0. The molecule has 0 fully saturated rings. The van der Waals surface area contributed by atoms with Crippen molar-refractivity contribution in [2.75, 3.05) is 20.3 Å². The van der Waals surface area contributed by atoms with Gasteiger partial charge < -0.3 is 10.5 Å². The first kappa shape index (κ1) is 11.9. The van der Waals surface area contributed by atoms with Gasteiger partial charge in [0.1, 0.15) is 0 Å². The van der Waals surface area contributed by atoms with Gasteiger partial charge in [0, 0.05) is 20.4 Å². The molecule has 0 aliphatic carbocycles. The van der Waals surface area contributed by atoms with E-state index in [0.29, 0.717) is 13.2 Å². The lowest BCUT2D eigenvalue weighted by atomic mass is 10.1. The molecule has 15 heavy (non-hydrogen) atoms. The van der Waals surface area contributed by atoms with Gasteiger partial charge in [-0.2, -0.15) is 5.10 Å². The Morgan fingerprint density at radius 3 is 3.00 bits per heavy atom. The monoisotopic (exact) mass is 209 g/mol. The summed E-state index contributed by atoms with van der Waals surface area (Å²) in [6, 6.07) is 1.98. The molecule has 0 saturated carbocycles. The van der Waals surface area contributed by atoms with Crippen LogP contribution in [0.25, 0.3) is 6.08 Å². The van der Waals surface area contributed by atoms with Crippen molar-refractivity contribution in [3.63, 3.8) is 0 Å². The third kappa shape index (κ3) is 4.27. The van der Waals surface area contributed by atoms with E-state index in [4.69, 9.17) is 10.5 Å². The molecule has 4 heteroatoms. The average Bonchev–Trinajstić information content (AvgIpc) is 2.61. The summed E-state index contributed by atoms with van der Waals surface area (Å²) in [5.74, 6) is 0. The van der Waals surface area contributed by atoms with Crippen molar-refractivity contribution in [1.82, 2.24) is 9.78 Å². The Hall–Kier alpha value is -1.13. The standard InChI is InChI=1S/C11H19N3O/c1-14-7-5-11(13-14)8-10(9-15-2)4-3-6-12/h5,7-8H,3-4,6,9,12H2,1-2H3/b10-8+. The summed E-state index contributed by atoms with van der Waals surface area (Å²) in [4.78, 5) is 0. The van der Waals surface area contributed by atoms with Crippen molar-refractivity contribution in [3.05, 3.63) is 23.5 Å².